The Labute approximate surface area is 111 Å². The molecule has 1 aromatic carbocycles. The summed E-state index contributed by atoms with van der Waals surface area (Å²) in [5, 5.41) is 3.14. The lowest BCUT2D eigenvalue weighted by Crippen LogP contribution is -2.30. The van der Waals surface area contributed by atoms with Crippen LogP contribution in [0.25, 0.3) is 0 Å². The molecular weight excluding hydrogens is 255 g/mol. The monoisotopic (exact) mass is 273 g/mol. The second-order valence-corrected chi connectivity index (χ2v) is 4.84. The minimum atomic E-state index is -4.29. The molecule has 0 aromatic heterocycles. The summed E-state index contributed by atoms with van der Waals surface area (Å²) < 4.78 is 43.5. The van der Waals surface area contributed by atoms with Crippen molar-refractivity contribution in [2.75, 3.05) is 20.3 Å². The molecule has 1 saturated heterocycles. The van der Waals surface area contributed by atoms with E-state index in [4.69, 9.17) is 4.74 Å². The van der Waals surface area contributed by atoms with Crippen LogP contribution in [0.3, 0.4) is 0 Å². The molecular formula is C14H18F3NO. The predicted octanol–water partition coefficient (Wildman–Crippen LogP) is 3.39. The maximum atomic E-state index is 12.7. The van der Waals surface area contributed by atoms with Gasteiger partial charge in [0.15, 0.2) is 0 Å². The van der Waals surface area contributed by atoms with Crippen molar-refractivity contribution in [3.05, 3.63) is 35.4 Å². The number of ether oxygens (including phenoxy) is 1. The molecule has 1 aliphatic rings. The van der Waals surface area contributed by atoms with E-state index in [-0.39, 0.29) is 6.04 Å². The van der Waals surface area contributed by atoms with E-state index in [1.54, 1.807) is 13.1 Å². The molecule has 0 amide bonds. The molecule has 0 saturated carbocycles. The van der Waals surface area contributed by atoms with Gasteiger partial charge in [0.2, 0.25) is 0 Å². The van der Waals surface area contributed by atoms with E-state index in [0.29, 0.717) is 24.7 Å². The maximum Gasteiger partial charge on any atom is 0.416 e. The van der Waals surface area contributed by atoms with Gasteiger partial charge in [-0.1, -0.05) is 12.1 Å². The zero-order valence-electron chi connectivity index (χ0n) is 10.8. The third kappa shape index (κ3) is 3.48. The normalized spacial score (nSPS) is 19.4. The van der Waals surface area contributed by atoms with Gasteiger partial charge in [-0.2, -0.15) is 13.2 Å². The zero-order valence-corrected chi connectivity index (χ0v) is 10.8. The molecule has 106 valence electrons. The van der Waals surface area contributed by atoms with E-state index < -0.39 is 11.7 Å². The van der Waals surface area contributed by atoms with E-state index in [1.165, 1.54) is 12.1 Å². The van der Waals surface area contributed by atoms with Gasteiger partial charge in [0.25, 0.3) is 0 Å². The minimum absolute atomic E-state index is 0.0498. The van der Waals surface area contributed by atoms with Crippen LogP contribution in [-0.2, 0) is 10.9 Å². The Bertz CT molecular complexity index is 413. The number of halogens is 3. The summed E-state index contributed by atoms with van der Waals surface area (Å²) in [5.74, 6) is 0.322. The highest BCUT2D eigenvalue weighted by Crippen LogP contribution is 2.34. The molecule has 19 heavy (non-hydrogen) atoms. The highest BCUT2D eigenvalue weighted by Gasteiger charge is 2.32. The molecule has 1 fully saturated rings. The molecule has 0 aliphatic carbocycles. The lowest BCUT2D eigenvalue weighted by Gasteiger charge is -2.30. The molecule has 2 rings (SSSR count). The van der Waals surface area contributed by atoms with Gasteiger partial charge in [-0.05, 0) is 43.5 Å². The first-order chi connectivity index (χ1) is 9.02. The number of benzene rings is 1. The van der Waals surface area contributed by atoms with Crippen LogP contribution in [0.2, 0.25) is 0 Å². The summed E-state index contributed by atoms with van der Waals surface area (Å²) >= 11 is 0. The SMILES string of the molecule is CNC(c1cccc(C(F)(F)F)c1)C1CCOCC1. The van der Waals surface area contributed by atoms with E-state index >= 15 is 0 Å². The average molecular weight is 273 g/mol. The quantitative estimate of drug-likeness (QED) is 0.911. The van der Waals surface area contributed by atoms with Gasteiger partial charge in [-0.15, -0.1) is 0 Å². The van der Waals surface area contributed by atoms with Crippen LogP contribution in [0.1, 0.15) is 30.0 Å². The van der Waals surface area contributed by atoms with E-state index in [1.807, 2.05) is 0 Å². The first-order valence-electron chi connectivity index (χ1n) is 6.44. The number of alkyl halides is 3. The summed E-state index contributed by atoms with van der Waals surface area (Å²) in [6, 6.07) is 5.54. The van der Waals surface area contributed by atoms with Gasteiger partial charge in [-0.3, -0.25) is 0 Å². The molecule has 1 aromatic rings. The minimum Gasteiger partial charge on any atom is -0.381 e. The van der Waals surface area contributed by atoms with Gasteiger partial charge in [-0.25, -0.2) is 0 Å². The van der Waals surface area contributed by atoms with E-state index in [2.05, 4.69) is 5.32 Å². The zero-order chi connectivity index (χ0) is 13.9. The second-order valence-electron chi connectivity index (χ2n) is 4.84. The summed E-state index contributed by atoms with van der Waals surface area (Å²) in [6.07, 6.45) is -2.53. The fraction of sp³-hybridized carbons (Fsp3) is 0.571. The van der Waals surface area contributed by atoms with Crippen molar-refractivity contribution in [2.45, 2.75) is 25.1 Å². The third-order valence-electron chi connectivity index (χ3n) is 3.62. The number of nitrogens with one attached hydrogen (secondary N) is 1. The number of hydrogen-bond acceptors (Lipinski definition) is 2. The maximum absolute atomic E-state index is 12.7. The van der Waals surface area contributed by atoms with Crippen molar-refractivity contribution in [2.24, 2.45) is 5.92 Å². The molecule has 0 radical (unpaired) electrons. The van der Waals surface area contributed by atoms with Crippen molar-refractivity contribution in [3.63, 3.8) is 0 Å². The Hall–Kier alpha value is -1.07. The van der Waals surface area contributed by atoms with Crippen LogP contribution in [0, 0.1) is 5.92 Å². The second kappa shape index (κ2) is 5.92. The van der Waals surface area contributed by atoms with E-state index in [9.17, 15) is 13.2 Å². The molecule has 0 spiro atoms. The molecule has 1 heterocycles. The summed E-state index contributed by atoms with van der Waals surface area (Å²) in [7, 11) is 1.79. The summed E-state index contributed by atoms with van der Waals surface area (Å²) in [5.41, 5.74) is 0.113. The predicted molar refractivity (Wildman–Crippen MR) is 66.8 cm³/mol. The van der Waals surface area contributed by atoms with Crippen molar-refractivity contribution < 1.29 is 17.9 Å². The number of rotatable bonds is 3. The van der Waals surface area contributed by atoms with Gasteiger partial charge in [0.1, 0.15) is 0 Å². The van der Waals surface area contributed by atoms with Crippen LogP contribution in [0.15, 0.2) is 24.3 Å². The fourth-order valence-electron chi connectivity index (χ4n) is 2.63. The Morgan fingerprint density at radius 2 is 1.95 bits per heavy atom. The Morgan fingerprint density at radius 3 is 2.53 bits per heavy atom. The largest absolute Gasteiger partial charge is 0.416 e. The van der Waals surface area contributed by atoms with Crippen molar-refractivity contribution >= 4 is 0 Å². The fourth-order valence-corrected chi connectivity index (χ4v) is 2.63. The smallest absolute Gasteiger partial charge is 0.381 e. The summed E-state index contributed by atoms with van der Waals surface area (Å²) in [4.78, 5) is 0. The van der Waals surface area contributed by atoms with E-state index in [0.717, 1.165) is 18.9 Å². The number of hydrogen-bond donors (Lipinski definition) is 1. The van der Waals surface area contributed by atoms with Gasteiger partial charge in [0.05, 0.1) is 5.56 Å². The lowest BCUT2D eigenvalue weighted by molar-refractivity contribution is -0.137. The lowest BCUT2D eigenvalue weighted by atomic mass is 9.86. The highest BCUT2D eigenvalue weighted by molar-refractivity contribution is 5.28. The van der Waals surface area contributed by atoms with Crippen LogP contribution >= 0.6 is 0 Å². The first-order valence-corrected chi connectivity index (χ1v) is 6.44. The molecule has 5 heteroatoms. The van der Waals surface area contributed by atoms with Gasteiger partial charge >= 0.3 is 6.18 Å². The van der Waals surface area contributed by atoms with Crippen molar-refractivity contribution in [3.8, 4) is 0 Å². The van der Waals surface area contributed by atoms with Crippen molar-refractivity contribution in [1.82, 2.24) is 5.32 Å². The average Bonchev–Trinajstić information content (AvgIpc) is 2.40. The Kier molecular flexibility index (Phi) is 4.47. The molecule has 1 aliphatic heterocycles. The Balaban J connectivity index is 2.22. The van der Waals surface area contributed by atoms with Crippen molar-refractivity contribution in [1.29, 1.82) is 0 Å². The molecule has 1 N–H and O–H groups in total. The third-order valence-corrected chi connectivity index (χ3v) is 3.62. The van der Waals surface area contributed by atoms with Gasteiger partial charge in [0, 0.05) is 19.3 Å². The van der Waals surface area contributed by atoms with Crippen LogP contribution in [-0.4, -0.2) is 20.3 Å². The van der Waals surface area contributed by atoms with Gasteiger partial charge < -0.3 is 10.1 Å². The molecule has 1 atom stereocenters. The highest BCUT2D eigenvalue weighted by atomic mass is 19.4. The van der Waals surface area contributed by atoms with Crippen LogP contribution < -0.4 is 5.32 Å². The van der Waals surface area contributed by atoms with Crippen LogP contribution in [0.5, 0.6) is 0 Å². The topological polar surface area (TPSA) is 21.3 Å². The molecule has 1 unspecified atom stereocenters. The Morgan fingerprint density at radius 1 is 1.26 bits per heavy atom. The standard InChI is InChI=1S/C14H18F3NO/c1-18-13(10-5-7-19-8-6-10)11-3-2-4-12(9-11)14(15,16)17/h2-4,9-10,13,18H,5-8H2,1H3. The summed E-state index contributed by atoms with van der Waals surface area (Å²) in [6.45, 7) is 1.36. The first kappa shape index (κ1) is 14.3. The van der Waals surface area contributed by atoms with Crippen LogP contribution in [0.4, 0.5) is 13.2 Å². The molecule has 0 bridgehead atoms. The molecule has 2 nitrogen and oxygen atoms in total.